The molecule has 27 heavy (non-hydrogen) atoms. The van der Waals surface area contributed by atoms with Gasteiger partial charge in [0.1, 0.15) is 0 Å². The van der Waals surface area contributed by atoms with Gasteiger partial charge in [-0.2, -0.15) is 8.78 Å². The Bertz CT molecular complexity index is 825. The lowest BCUT2D eigenvalue weighted by Crippen LogP contribution is -2.17. The van der Waals surface area contributed by atoms with E-state index in [1.807, 2.05) is 26.0 Å². The topological polar surface area (TPSA) is 69.2 Å². The summed E-state index contributed by atoms with van der Waals surface area (Å²) in [6, 6.07) is 9.91. The Labute approximate surface area is 155 Å². The van der Waals surface area contributed by atoms with Crippen LogP contribution in [0.1, 0.15) is 16.7 Å². The molecule has 144 valence electrons. The minimum absolute atomic E-state index is 0.0847. The summed E-state index contributed by atoms with van der Waals surface area (Å²) in [6.07, 6.45) is 1.33. The van der Waals surface area contributed by atoms with E-state index in [0.29, 0.717) is 11.3 Å². The summed E-state index contributed by atoms with van der Waals surface area (Å²) < 4.78 is 33.9. The summed E-state index contributed by atoms with van der Waals surface area (Å²) in [5.41, 5.74) is 3.29. The number of anilines is 1. The highest BCUT2D eigenvalue weighted by molar-refractivity contribution is 5.92. The zero-order valence-corrected chi connectivity index (χ0v) is 15.2. The highest BCUT2D eigenvalue weighted by Crippen LogP contribution is 2.28. The number of methoxy groups -OCH3 is 1. The van der Waals surface area contributed by atoms with Crippen LogP contribution in [-0.4, -0.2) is 32.4 Å². The van der Waals surface area contributed by atoms with Crippen LogP contribution in [0.2, 0.25) is 0 Å². The van der Waals surface area contributed by atoms with Crippen molar-refractivity contribution in [2.75, 3.05) is 19.0 Å². The molecular formula is C19H20F2N2O4. The van der Waals surface area contributed by atoms with Crippen LogP contribution >= 0.6 is 0 Å². The van der Waals surface area contributed by atoms with Gasteiger partial charge >= 0.3 is 6.61 Å². The summed E-state index contributed by atoms with van der Waals surface area (Å²) in [5.74, 6) is -0.301. The van der Waals surface area contributed by atoms with Gasteiger partial charge in [0, 0.05) is 11.3 Å². The first-order valence-electron chi connectivity index (χ1n) is 8.05. The molecule has 0 radical (unpaired) electrons. The lowest BCUT2D eigenvalue weighted by molar-refractivity contribution is -0.120. The van der Waals surface area contributed by atoms with E-state index in [0.717, 1.165) is 11.1 Å². The largest absolute Gasteiger partial charge is 0.493 e. The number of carbonyl (C=O) groups is 1. The van der Waals surface area contributed by atoms with Gasteiger partial charge in [0.15, 0.2) is 18.1 Å². The van der Waals surface area contributed by atoms with E-state index in [4.69, 9.17) is 9.57 Å². The molecule has 0 aliphatic heterocycles. The average Bonchev–Trinajstić information content (AvgIpc) is 2.63. The molecule has 1 N–H and O–H groups in total. The monoisotopic (exact) mass is 378 g/mol. The Balaban J connectivity index is 1.90. The molecule has 0 aliphatic carbocycles. The van der Waals surface area contributed by atoms with Crippen LogP contribution in [0.3, 0.4) is 0 Å². The Morgan fingerprint density at radius 1 is 1.22 bits per heavy atom. The van der Waals surface area contributed by atoms with Crippen molar-refractivity contribution < 1.29 is 27.9 Å². The van der Waals surface area contributed by atoms with Crippen molar-refractivity contribution in [1.29, 1.82) is 0 Å². The first-order valence-corrected chi connectivity index (χ1v) is 8.05. The van der Waals surface area contributed by atoms with Crippen LogP contribution in [0, 0.1) is 13.8 Å². The standard InChI is InChI=1S/C19H20F2N2O4/c1-12-5-4-6-15(13(12)2)23-18(24)11-26-22-10-14-7-8-16(27-19(20)21)17(9-14)25-3/h4-10,19H,11H2,1-3H3,(H,23,24)/b22-10+. The lowest BCUT2D eigenvalue weighted by atomic mass is 10.1. The molecule has 0 unspecified atom stereocenters. The van der Waals surface area contributed by atoms with E-state index in [9.17, 15) is 13.6 Å². The maximum Gasteiger partial charge on any atom is 0.387 e. The fourth-order valence-electron chi connectivity index (χ4n) is 2.22. The number of benzene rings is 2. The second-order valence-electron chi connectivity index (χ2n) is 5.59. The number of ether oxygens (including phenoxy) is 2. The number of aryl methyl sites for hydroxylation is 1. The number of hydrogen-bond donors (Lipinski definition) is 1. The van der Waals surface area contributed by atoms with Gasteiger partial charge in [-0.15, -0.1) is 0 Å². The van der Waals surface area contributed by atoms with E-state index in [2.05, 4.69) is 15.2 Å². The fourth-order valence-corrected chi connectivity index (χ4v) is 2.22. The Kier molecular flexibility index (Phi) is 7.10. The predicted molar refractivity (Wildman–Crippen MR) is 97.7 cm³/mol. The van der Waals surface area contributed by atoms with Gasteiger partial charge in [-0.3, -0.25) is 4.79 Å². The van der Waals surface area contributed by atoms with Crippen LogP contribution in [-0.2, 0) is 9.63 Å². The molecule has 2 aromatic carbocycles. The number of nitrogens with one attached hydrogen (secondary N) is 1. The number of oxime groups is 1. The highest BCUT2D eigenvalue weighted by Gasteiger charge is 2.10. The van der Waals surface area contributed by atoms with Gasteiger partial charge < -0.3 is 19.6 Å². The van der Waals surface area contributed by atoms with Crippen molar-refractivity contribution in [2.24, 2.45) is 5.16 Å². The number of amides is 1. The van der Waals surface area contributed by atoms with Crippen LogP contribution in [0.5, 0.6) is 11.5 Å². The molecule has 0 saturated carbocycles. The summed E-state index contributed by atoms with van der Waals surface area (Å²) >= 11 is 0. The van der Waals surface area contributed by atoms with E-state index in [1.54, 1.807) is 6.07 Å². The van der Waals surface area contributed by atoms with E-state index in [1.165, 1.54) is 31.5 Å². The zero-order valence-electron chi connectivity index (χ0n) is 15.2. The third-order valence-electron chi connectivity index (χ3n) is 3.75. The third-order valence-corrected chi connectivity index (χ3v) is 3.75. The molecule has 8 heteroatoms. The number of nitrogens with zero attached hydrogens (tertiary/aromatic N) is 1. The molecule has 0 aliphatic rings. The minimum Gasteiger partial charge on any atom is -0.493 e. The molecule has 0 atom stereocenters. The quantitative estimate of drug-likeness (QED) is 0.559. The van der Waals surface area contributed by atoms with Gasteiger partial charge in [0.25, 0.3) is 5.91 Å². The third kappa shape index (κ3) is 5.95. The lowest BCUT2D eigenvalue weighted by Gasteiger charge is -2.10. The molecule has 0 saturated heterocycles. The van der Waals surface area contributed by atoms with Crippen molar-refractivity contribution in [2.45, 2.75) is 20.5 Å². The minimum atomic E-state index is -2.95. The fraction of sp³-hybridized carbons (Fsp3) is 0.263. The number of hydrogen-bond acceptors (Lipinski definition) is 5. The number of rotatable bonds is 8. The van der Waals surface area contributed by atoms with Crippen LogP contribution in [0.4, 0.5) is 14.5 Å². The van der Waals surface area contributed by atoms with Crippen molar-refractivity contribution in [3.63, 3.8) is 0 Å². The molecule has 2 aromatic rings. The molecule has 0 heterocycles. The molecule has 0 fully saturated rings. The molecule has 1 amide bonds. The number of carbonyl (C=O) groups excluding carboxylic acids is 1. The van der Waals surface area contributed by atoms with E-state index in [-0.39, 0.29) is 24.0 Å². The second-order valence-corrected chi connectivity index (χ2v) is 5.59. The highest BCUT2D eigenvalue weighted by atomic mass is 19.3. The van der Waals surface area contributed by atoms with Gasteiger partial charge in [0.05, 0.1) is 13.3 Å². The van der Waals surface area contributed by atoms with Gasteiger partial charge in [-0.05, 0) is 49.2 Å². The summed E-state index contributed by atoms with van der Waals surface area (Å²) in [6.45, 7) is 0.654. The van der Waals surface area contributed by atoms with Gasteiger partial charge in [-0.25, -0.2) is 0 Å². The molecule has 0 spiro atoms. The van der Waals surface area contributed by atoms with Crippen molar-refractivity contribution in [3.8, 4) is 11.5 Å². The summed E-state index contributed by atoms with van der Waals surface area (Å²) in [5, 5.41) is 6.45. The van der Waals surface area contributed by atoms with Crippen molar-refractivity contribution >= 4 is 17.8 Å². The zero-order chi connectivity index (χ0) is 19.8. The second kappa shape index (κ2) is 9.51. The molecule has 0 bridgehead atoms. The van der Waals surface area contributed by atoms with Gasteiger partial charge in [-0.1, -0.05) is 17.3 Å². The van der Waals surface area contributed by atoms with Crippen LogP contribution < -0.4 is 14.8 Å². The molecule has 6 nitrogen and oxygen atoms in total. The molecular weight excluding hydrogens is 358 g/mol. The first kappa shape index (κ1) is 20.2. The summed E-state index contributed by atoms with van der Waals surface area (Å²) in [7, 11) is 1.34. The molecule has 2 rings (SSSR count). The Hall–Kier alpha value is -3.16. The van der Waals surface area contributed by atoms with Crippen LogP contribution in [0.15, 0.2) is 41.6 Å². The Morgan fingerprint density at radius 3 is 2.70 bits per heavy atom. The van der Waals surface area contributed by atoms with E-state index < -0.39 is 6.61 Å². The van der Waals surface area contributed by atoms with Crippen LogP contribution in [0.25, 0.3) is 0 Å². The predicted octanol–water partition coefficient (Wildman–Crippen LogP) is 3.90. The van der Waals surface area contributed by atoms with Crippen molar-refractivity contribution in [3.05, 3.63) is 53.1 Å². The maximum absolute atomic E-state index is 12.3. The normalized spacial score (nSPS) is 10.9. The average molecular weight is 378 g/mol. The van der Waals surface area contributed by atoms with Crippen molar-refractivity contribution in [1.82, 2.24) is 0 Å². The molecule has 0 aromatic heterocycles. The first-order chi connectivity index (χ1) is 12.9. The maximum atomic E-state index is 12.3. The SMILES string of the molecule is COc1cc(/C=N/OCC(=O)Nc2cccc(C)c2C)ccc1OC(F)F. The smallest absolute Gasteiger partial charge is 0.387 e. The summed E-state index contributed by atoms with van der Waals surface area (Å²) in [4.78, 5) is 16.9. The van der Waals surface area contributed by atoms with E-state index >= 15 is 0 Å². The van der Waals surface area contributed by atoms with Gasteiger partial charge in [0.2, 0.25) is 0 Å². The number of halogens is 2. The Morgan fingerprint density at radius 2 is 2.00 bits per heavy atom. The number of alkyl halides is 2.